The standard InChI is InChI=1S/C10H14N4O/c1-3-9(15)12-8-5-4-6-14-10(8)11-7(2)13-14/h3,8H,1,4-6H2,2H3,(H,12,15). The molecule has 0 saturated carbocycles. The minimum atomic E-state index is -0.158. The SMILES string of the molecule is C=CC(=O)NC1CCCn2nc(C)nc21. The molecule has 2 heterocycles. The second-order valence-electron chi connectivity index (χ2n) is 3.65. The van der Waals surface area contributed by atoms with Gasteiger partial charge in [0, 0.05) is 6.54 Å². The highest BCUT2D eigenvalue weighted by Crippen LogP contribution is 2.22. The largest absolute Gasteiger partial charge is 0.343 e. The molecule has 1 aliphatic heterocycles. The molecule has 0 fully saturated rings. The van der Waals surface area contributed by atoms with Crippen LogP contribution in [-0.4, -0.2) is 20.7 Å². The van der Waals surface area contributed by atoms with Gasteiger partial charge in [-0.3, -0.25) is 4.79 Å². The molecule has 1 unspecified atom stereocenters. The Morgan fingerprint density at radius 2 is 2.53 bits per heavy atom. The van der Waals surface area contributed by atoms with Crippen LogP contribution in [0, 0.1) is 6.92 Å². The van der Waals surface area contributed by atoms with E-state index in [-0.39, 0.29) is 11.9 Å². The van der Waals surface area contributed by atoms with Gasteiger partial charge in [0.1, 0.15) is 11.6 Å². The Morgan fingerprint density at radius 1 is 1.73 bits per heavy atom. The number of rotatable bonds is 2. The molecule has 0 radical (unpaired) electrons. The lowest BCUT2D eigenvalue weighted by Gasteiger charge is -2.22. The van der Waals surface area contributed by atoms with Gasteiger partial charge in [-0.2, -0.15) is 5.10 Å². The Kier molecular flexibility index (Phi) is 2.53. The highest BCUT2D eigenvalue weighted by atomic mass is 16.1. The van der Waals surface area contributed by atoms with Crippen LogP contribution in [-0.2, 0) is 11.3 Å². The molecule has 2 rings (SSSR count). The summed E-state index contributed by atoms with van der Waals surface area (Å²) < 4.78 is 1.87. The summed E-state index contributed by atoms with van der Waals surface area (Å²) in [5.74, 6) is 1.45. The van der Waals surface area contributed by atoms with Crippen molar-refractivity contribution in [3.63, 3.8) is 0 Å². The average Bonchev–Trinajstić information content (AvgIpc) is 2.59. The van der Waals surface area contributed by atoms with E-state index in [1.165, 1.54) is 6.08 Å². The Labute approximate surface area is 88.2 Å². The van der Waals surface area contributed by atoms with Gasteiger partial charge in [-0.05, 0) is 25.8 Å². The molecule has 0 spiro atoms. The molecule has 0 saturated heterocycles. The lowest BCUT2D eigenvalue weighted by atomic mass is 10.1. The zero-order valence-electron chi connectivity index (χ0n) is 8.73. The first kappa shape index (κ1) is 9.89. The summed E-state index contributed by atoms with van der Waals surface area (Å²) in [6.45, 7) is 6.18. The van der Waals surface area contributed by atoms with Crippen LogP contribution < -0.4 is 5.32 Å². The molecule has 5 nitrogen and oxygen atoms in total. The van der Waals surface area contributed by atoms with E-state index in [2.05, 4.69) is 22.0 Å². The zero-order valence-corrected chi connectivity index (χ0v) is 8.73. The topological polar surface area (TPSA) is 59.8 Å². The highest BCUT2D eigenvalue weighted by molar-refractivity contribution is 5.87. The summed E-state index contributed by atoms with van der Waals surface area (Å²) in [6.07, 6.45) is 3.21. The van der Waals surface area contributed by atoms with Crippen LogP contribution in [0.2, 0.25) is 0 Å². The minimum absolute atomic E-state index is 0.0227. The van der Waals surface area contributed by atoms with Crippen molar-refractivity contribution in [2.45, 2.75) is 32.4 Å². The van der Waals surface area contributed by atoms with Crippen LogP contribution >= 0.6 is 0 Å². The van der Waals surface area contributed by atoms with E-state index >= 15 is 0 Å². The number of carbonyl (C=O) groups is 1. The highest BCUT2D eigenvalue weighted by Gasteiger charge is 2.24. The first-order chi connectivity index (χ1) is 7.20. The summed E-state index contributed by atoms with van der Waals surface area (Å²) in [7, 11) is 0. The van der Waals surface area contributed by atoms with Gasteiger partial charge < -0.3 is 5.32 Å². The van der Waals surface area contributed by atoms with Crippen LogP contribution in [0.3, 0.4) is 0 Å². The molecule has 0 bridgehead atoms. The number of fused-ring (bicyclic) bond motifs is 1. The van der Waals surface area contributed by atoms with E-state index in [1.807, 2.05) is 11.6 Å². The number of amides is 1. The Hall–Kier alpha value is -1.65. The van der Waals surface area contributed by atoms with Crippen molar-refractivity contribution in [3.05, 3.63) is 24.3 Å². The maximum absolute atomic E-state index is 11.2. The molecule has 15 heavy (non-hydrogen) atoms. The van der Waals surface area contributed by atoms with Crippen molar-refractivity contribution in [1.29, 1.82) is 0 Å². The number of carbonyl (C=O) groups excluding carboxylic acids is 1. The monoisotopic (exact) mass is 206 g/mol. The lowest BCUT2D eigenvalue weighted by molar-refractivity contribution is -0.117. The molecule has 5 heteroatoms. The van der Waals surface area contributed by atoms with Crippen LogP contribution in [0.1, 0.15) is 30.5 Å². The fraction of sp³-hybridized carbons (Fsp3) is 0.500. The number of hydrogen-bond acceptors (Lipinski definition) is 3. The van der Waals surface area contributed by atoms with Gasteiger partial charge in [0.05, 0.1) is 6.04 Å². The number of aryl methyl sites for hydroxylation is 2. The van der Waals surface area contributed by atoms with Crippen molar-refractivity contribution < 1.29 is 4.79 Å². The summed E-state index contributed by atoms with van der Waals surface area (Å²) in [5.41, 5.74) is 0. The molecule has 80 valence electrons. The van der Waals surface area contributed by atoms with Crippen LogP contribution in [0.5, 0.6) is 0 Å². The smallest absolute Gasteiger partial charge is 0.243 e. The molecule has 1 aromatic heterocycles. The van der Waals surface area contributed by atoms with Crippen LogP contribution in [0.25, 0.3) is 0 Å². The zero-order chi connectivity index (χ0) is 10.8. The van der Waals surface area contributed by atoms with E-state index < -0.39 is 0 Å². The third kappa shape index (κ3) is 1.91. The van der Waals surface area contributed by atoms with E-state index in [0.717, 1.165) is 31.0 Å². The third-order valence-electron chi connectivity index (χ3n) is 2.48. The molecule has 0 aromatic carbocycles. The summed E-state index contributed by atoms with van der Waals surface area (Å²) in [6, 6.07) is -0.0227. The van der Waals surface area contributed by atoms with E-state index in [9.17, 15) is 4.79 Å². The Morgan fingerprint density at radius 3 is 3.27 bits per heavy atom. The first-order valence-corrected chi connectivity index (χ1v) is 5.05. The van der Waals surface area contributed by atoms with Gasteiger partial charge in [0.25, 0.3) is 0 Å². The van der Waals surface area contributed by atoms with Gasteiger partial charge in [0.2, 0.25) is 5.91 Å². The number of hydrogen-bond donors (Lipinski definition) is 1. The van der Waals surface area contributed by atoms with Gasteiger partial charge in [-0.25, -0.2) is 9.67 Å². The van der Waals surface area contributed by atoms with Crippen molar-refractivity contribution in [3.8, 4) is 0 Å². The third-order valence-corrected chi connectivity index (χ3v) is 2.48. The number of nitrogens with zero attached hydrogens (tertiary/aromatic N) is 3. The van der Waals surface area contributed by atoms with Crippen LogP contribution in [0.4, 0.5) is 0 Å². The number of nitrogens with one attached hydrogen (secondary N) is 1. The first-order valence-electron chi connectivity index (χ1n) is 5.05. The summed E-state index contributed by atoms with van der Waals surface area (Å²) >= 11 is 0. The Bertz CT molecular complexity index is 396. The molecule has 1 amide bonds. The minimum Gasteiger partial charge on any atom is -0.343 e. The predicted molar refractivity (Wildman–Crippen MR) is 55.1 cm³/mol. The normalized spacial score (nSPS) is 19.4. The van der Waals surface area contributed by atoms with Crippen molar-refractivity contribution in [1.82, 2.24) is 20.1 Å². The molecule has 1 aliphatic rings. The van der Waals surface area contributed by atoms with Crippen molar-refractivity contribution in [2.75, 3.05) is 0 Å². The lowest BCUT2D eigenvalue weighted by Crippen LogP contribution is -2.32. The molecule has 0 aliphatic carbocycles. The molecular weight excluding hydrogens is 192 g/mol. The van der Waals surface area contributed by atoms with E-state index in [4.69, 9.17) is 0 Å². The maximum atomic E-state index is 11.2. The second-order valence-corrected chi connectivity index (χ2v) is 3.65. The predicted octanol–water partition coefficient (Wildman–Crippen LogP) is 0.724. The molecule has 1 atom stereocenters. The van der Waals surface area contributed by atoms with Gasteiger partial charge >= 0.3 is 0 Å². The summed E-state index contributed by atoms with van der Waals surface area (Å²) in [4.78, 5) is 15.5. The quantitative estimate of drug-likeness (QED) is 0.725. The summed E-state index contributed by atoms with van der Waals surface area (Å²) in [5, 5.41) is 7.12. The Balaban J connectivity index is 2.21. The van der Waals surface area contributed by atoms with E-state index in [1.54, 1.807) is 0 Å². The van der Waals surface area contributed by atoms with Gasteiger partial charge in [-0.1, -0.05) is 6.58 Å². The van der Waals surface area contributed by atoms with Gasteiger partial charge in [-0.15, -0.1) is 0 Å². The second kappa shape index (κ2) is 3.84. The van der Waals surface area contributed by atoms with Crippen molar-refractivity contribution in [2.24, 2.45) is 0 Å². The average molecular weight is 206 g/mol. The van der Waals surface area contributed by atoms with Crippen molar-refractivity contribution >= 4 is 5.91 Å². The van der Waals surface area contributed by atoms with Crippen LogP contribution in [0.15, 0.2) is 12.7 Å². The molecule has 1 N–H and O–H groups in total. The van der Waals surface area contributed by atoms with E-state index in [0.29, 0.717) is 0 Å². The molecular formula is C10H14N4O. The number of aromatic nitrogens is 3. The molecule has 1 aromatic rings. The fourth-order valence-corrected chi connectivity index (χ4v) is 1.84. The maximum Gasteiger partial charge on any atom is 0.243 e. The van der Waals surface area contributed by atoms with Gasteiger partial charge in [0.15, 0.2) is 0 Å². The fourth-order valence-electron chi connectivity index (χ4n) is 1.84.